The van der Waals surface area contributed by atoms with Crippen molar-refractivity contribution in [1.82, 2.24) is 0 Å². The molecule has 0 aliphatic heterocycles. The van der Waals surface area contributed by atoms with Gasteiger partial charge in [-0.2, -0.15) is 0 Å². The molecule has 0 amide bonds. The fraction of sp³-hybridized carbons (Fsp3) is 0.467. The summed E-state index contributed by atoms with van der Waals surface area (Å²) in [5, 5.41) is 15.8. The summed E-state index contributed by atoms with van der Waals surface area (Å²) in [6, 6.07) is 9.03. The molecule has 0 bridgehead atoms. The normalized spacial score (nSPS) is 12.9. The van der Waals surface area contributed by atoms with Gasteiger partial charge in [-0.15, -0.1) is 0 Å². The number of carbonyl (C=O) groups excluding carboxylic acids is 1. The second kappa shape index (κ2) is 9.90. The molecule has 1 rings (SSSR count). The Morgan fingerprint density at radius 3 is 2.05 bits per heavy atom. The van der Waals surface area contributed by atoms with Crippen LogP contribution in [0.2, 0.25) is 0 Å². The first-order valence-electron chi connectivity index (χ1n) is 6.62. The Balaban J connectivity index is 0.000000567. The van der Waals surface area contributed by atoms with E-state index in [0.29, 0.717) is 6.61 Å². The van der Waals surface area contributed by atoms with E-state index in [9.17, 15) is 9.59 Å². The molecule has 0 radical (unpaired) electrons. The Hall–Kier alpha value is -1.92. The Labute approximate surface area is 124 Å². The second-order valence-electron chi connectivity index (χ2n) is 4.88. The molecule has 0 spiro atoms. The Kier molecular flexibility index (Phi) is 9.00. The van der Waals surface area contributed by atoms with Crippen LogP contribution >= 0.6 is 0 Å². The molecule has 0 saturated heterocycles. The van der Waals surface area contributed by atoms with Gasteiger partial charge in [-0.25, -0.2) is 4.79 Å². The monoisotopic (exact) mass is 297 g/mol. The van der Waals surface area contributed by atoms with Crippen LogP contribution < -0.4 is 5.73 Å². The minimum Gasteiger partial charge on any atom is -0.479 e. The first-order valence-corrected chi connectivity index (χ1v) is 6.62. The first-order chi connectivity index (χ1) is 9.75. The molecular formula is C15H23NO5. The van der Waals surface area contributed by atoms with Gasteiger partial charge < -0.3 is 20.7 Å². The van der Waals surface area contributed by atoms with E-state index in [4.69, 9.17) is 20.7 Å². The van der Waals surface area contributed by atoms with Crippen LogP contribution in [-0.4, -0.2) is 34.3 Å². The summed E-state index contributed by atoms with van der Waals surface area (Å²) in [6.45, 7) is 5.28. The Morgan fingerprint density at radius 1 is 1.19 bits per heavy atom. The van der Waals surface area contributed by atoms with Crippen LogP contribution in [0.1, 0.15) is 26.3 Å². The molecular weight excluding hydrogens is 274 g/mol. The molecule has 0 heterocycles. The van der Waals surface area contributed by atoms with Crippen molar-refractivity contribution >= 4 is 11.9 Å². The van der Waals surface area contributed by atoms with Gasteiger partial charge >= 0.3 is 11.9 Å². The maximum absolute atomic E-state index is 11.4. The standard InChI is InChI=1S/C12H17NO2.C3H6O3/c1-9(2)11(13)12(14)15-8-10-6-4-3-5-7-10;1-2(4)3(5)6/h3-7,9,11H,8,13H2,1-2H3;2,4H,1H3,(H,5,6)/t11-;/m0./s1. The van der Waals surface area contributed by atoms with Crippen LogP contribution in [0, 0.1) is 5.92 Å². The molecule has 2 atom stereocenters. The number of hydrogen-bond acceptors (Lipinski definition) is 5. The number of rotatable bonds is 5. The van der Waals surface area contributed by atoms with Crippen molar-refractivity contribution in [3.63, 3.8) is 0 Å². The zero-order valence-electron chi connectivity index (χ0n) is 12.5. The third-order valence-corrected chi connectivity index (χ3v) is 2.57. The van der Waals surface area contributed by atoms with Gasteiger partial charge in [-0.05, 0) is 18.4 Å². The van der Waals surface area contributed by atoms with E-state index in [0.717, 1.165) is 5.56 Å². The van der Waals surface area contributed by atoms with Crippen LogP contribution in [-0.2, 0) is 20.9 Å². The largest absolute Gasteiger partial charge is 0.479 e. The van der Waals surface area contributed by atoms with Gasteiger partial charge in [0.25, 0.3) is 0 Å². The summed E-state index contributed by atoms with van der Waals surface area (Å²) >= 11 is 0. The molecule has 1 aromatic carbocycles. The Morgan fingerprint density at radius 2 is 1.67 bits per heavy atom. The number of aliphatic hydroxyl groups excluding tert-OH is 1. The van der Waals surface area contributed by atoms with E-state index in [2.05, 4.69) is 0 Å². The van der Waals surface area contributed by atoms with Gasteiger partial charge in [0.1, 0.15) is 18.8 Å². The molecule has 4 N–H and O–H groups in total. The highest BCUT2D eigenvalue weighted by atomic mass is 16.5. The lowest BCUT2D eigenvalue weighted by atomic mass is 10.1. The average molecular weight is 297 g/mol. The fourth-order valence-corrected chi connectivity index (χ4v) is 1.10. The number of hydrogen-bond donors (Lipinski definition) is 3. The number of aliphatic hydroxyl groups is 1. The van der Waals surface area contributed by atoms with E-state index in [1.807, 2.05) is 44.2 Å². The van der Waals surface area contributed by atoms with Gasteiger partial charge in [-0.3, -0.25) is 4.79 Å². The number of benzene rings is 1. The molecule has 6 nitrogen and oxygen atoms in total. The summed E-state index contributed by atoms with van der Waals surface area (Å²) in [7, 11) is 0. The summed E-state index contributed by atoms with van der Waals surface area (Å²) < 4.78 is 5.09. The molecule has 1 aromatic rings. The smallest absolute Gasteiger partial charge is 0.332 e. The van der Waals surface area contributed by atoms with Crippen LogP contribution in [0.25, 0.3) is 0 Å². The van der Waals surface area contributed by atoms with E-state index in [-0.39, 0.29) is 11.9 Å². The van der Waals surface area contributed by atoms with Gasteiger partial charge in [0, 0.05) is 0 Å². The molecule has 0 aliphatic carbocycles. The molecule has 0 aliphatic rings. The number of carboxylic acids is 1. The molecule has 0 aromatic heterocycles. The quantitative estimate of drug-likeness (QED) is 0.704. The van der Waals surface area contributed by atoms with Gasteiger partial charge in [0.05, 0.1) is 0 Å². The number of carbonyl (C=O) groups is 2. The summed E-state index contributed by atoms with van der Waals surface area (Å²) in [6.07, 6.45) is -1.23. The minimum absolute atomic E-state index is 0.105. The third-order valence-electron chi connectivity index (χ3n) is 2.57. The lowest BCUT2D eigenvalue weighted by molar-refractivity contribution is -0.147. The highest BCUT2D eigenvalue weighted by Gasteiger charge is 2.18. The summed E-state index contributed by atoms with van der Waals surface area (Å²) in [4.78, 5) is 20.9. The lowest BCUT2D eigenvalue weighted by Gasteiger charge is -2.14. The SMILES string of the molecule is CC(C)[C@H](N)C(=O)OCc1ccccc1.CC(O)C(=O)O. The van der Waals surface area contributed by atoms with E-state index in [1.165, 1.54) is 6.92 Å². The maximum Gasteiger partial charge on any atom is 0.332 e. The second-order valence-corrected chi connectivity index (χ2v) is 4.88. The average Bonchev–Trinajstić information content (AvgIpc) is 2.45. The number of ether oxygens (including phenoxy) is 1. The van der Waals surface area contributed by atoms with Crippen molar-refractivity contribution in [2.75, 3.05) is 0 Å². The lowest BCUT2D eigenvalue weighted by Crippen LogP contribution is -2.36. The van der Waals surface area contributed by atoms with Crippen molar-refractivity contribution in [3.8, 4) is 0 Å². The molecule has 1 unspecified atom stereocenters. The van der Waals surface area contributed by atoms with E-state index >= 15 is 0 Å². The zero-order chi connectivity index (χ0) is 16.4. The Bertz CT molecular complexity index is 431. The van der Waals surface area contributed by atoms with Crippen molar-refractivity contribution in [1.29, 1.82) is 0 Å². The first kappa shape index (κ1) is 19.1. The van der Waals surface area contributed by atoms with Crippen molar-refractivity contribution in [2.24, 2.45) is 11.7 Å². The predicted octanol–water partition coefficient (Wildman–Crippen LogP) is 1.16. The van der Waals surface area contributed by atoms with Gasteiger partial charge in [0.2, 0.25) is 0 Å². The van der Waals surface area contributed by atoms with Gasteiger partial charge in [-0.1, -0.05) is 44.2 Å². The number of nitrogens with two attached hydrogens (primary N) is 1. The molecule has 21 heavy (non-hydrogen) atoms. The summed E-state index contributed by atoms with van der Waals surface area (Å²) in [5.74, 6) is -1.42. The maximum atomic E-state index is 11.4. The highest BCUT2D eigenvalue weighted by molar-refractivity contribution is 5.75. The topological polar surface area (TPSA) is 110 Å². The van der Waals surface area contributed by atoms with E-state index in [1.54, 1.807) is 0 Å². The van der Waals surface area contributed by atoms with Crippen LogP contribution in [0.3, 0.4) is 0 Å². The fourth-order valence-electron chi connectivity index (χ4n) is 1.10. The molecule has 0 saturated carbocycles. The van der Waals surface area contributed by atoms with Crippen LogP contribution in [0.4, 0.5) is 0 Å². The van der Waals surface area contributed by atoms with Gasteiger partial charge in [0.15, 0.2) is 0 Å². The van der Waals surface area contributed by atoms with Crippen molar-refractivity contribution < 1.29 is 24.5 Å². The van der Waals surface area contributed by atoms with Crippen LogP contribution in [0.5, 0.6) is 0 Å². The highest BCUT2D eigenvalue weighted by Crippen LogP contribution is 2.04. The number of esters is 1. The number of carboxylic acid groups (broad SMARTS) is 1. The third kappa shape index (κ3) is 8.78. The zero-order valence-corrected chi connectivity index (χ0v) is 12.5. The van der Waals surface area contributed by atoms with Crippen molar-refractivity contribution in [2.45, 2.75) is 39.5 Å². The summed E-state index contributed by atoms with van der Waals surface area (Å²) in [5.41, 5.74) is 6.62. The van der Waals surface area contributed by atoms with Crippen molar-refractivity contribution in [3.05, 3.63) is 35.9 Å². The number of aliphatic carboxylic acids is 1. The molecule has 0 fully saturated rings. The molecule has 6 heteroatoms. The van der Waals surface area contributed by atoms with Crippen LogP contribution in [0.15, 0.2) is 30.3 Å². The molecule has 118 valence electrons. The minimum atomic E-state index is -1.23. The van der Waals surface area contributed by atoms with E-state index < -0.39 is 18.1 Å². The predicted molar refractivity (Wildman–Crippen MR) is 78.4 cm³/mol.